The van der Waals surface area contributed by atoms with Crippen LogP contribution in [0.5, 0.6) is 0 Å². The van der Waals surface area contributed by atoms with Gasteiger partial charge in [-0.2, -0.15) is 0 Å². The lowest BCUT2D eigenvalue weighted by molar-refractivity contribution is 0.0559. The van der Waals surface area contributed by atoms with E-state index in [4.69, 9.17) is 0 Å². The molecule has 0 fully saturated rings. The fraction of sp³-hybridized carbons (Fsp3) is 0.200. The third-order valence-electron chi connectivity index (χ3n) is 3.03. The van der Waals surface area contributed by atoms with Crippen molar-refractivity contribution in [3.63, 3.8) is 0 Å². The highest BCUT2D eigenvalue weighted by Gasteiger charge is 2.26. The van der Waals surface area contributed by atoms with Crippen LogP contribution in [0.15, 0.2) is 36.4 Å². The van der Waals surface area contributed by atoms with Crippen molar-refractivity contribution in [2.75, 3.05) is 0 Å². The molecule has 0 saturated carbocycles. The third-order valence-corrected chi connectivity index (χ3v) is 3.03. The minimum absolute atomic E-state index is 0.0151. The molecule has 0 bridgehead atoms. The predicted molar refractivity (Wildman–Crippen MR) is 66.0 cm³/mol. The summed E-state index contributed by atoms with van der Waals surface area (Å²) in [6.45, 7) is 1.31. The maximum Gasteiger partial charge on any atom is 0.129 e. The van der Waals surface area contributed by atoms with E-state index >= 15 is 0 Å². The molecule has 0 spiro atoms. The fourth-order valence-corrected chi connectivity index (χ4v) is 2.00. The standard InChI is InChI=1S/C15H12F4O/c1-15(20,10-4-12(17)6-13(18)5-10)8-9-2-3-11(16)7-14(9)19/h2-7,20H,8H2,1H3. The van der Waals surface area contributed by atoms with Crippen molar-refractivity contribution in [1.29, 1.82) is 0 Å². The average molecular weight is 284 g/mol. The van der Waals surface area contributed by atoms with Gasteiger partial charge in [0.05, 0.1) is 5.60 Å². The highest BCUT2D eigenvalue weighted by atomic mass is 19.1. The number of hydrogen-bond acceptors (Lipinski definition) is 1. The van der Waals surface area contributed by atoms with E-state index in [0.29, 0.717) is 12.1 Å². The molecule has 2 rings (SSSR count). The maximum absolute atomic E-state index is 13.6. The molecule has 106 valence electrons. The molecule has 0 saturated heterocycles. The second-order valence-electron chi connectivity index (χ2n) is 4.84. The normalized spacial score (nSPS) is 14.1. The van der Waals surface area contributed by atoms with E-state index in [0.717, 1.165) is 18.2 Å². The molecule has 0 amide bonds. The summed E-state index contributed by atoms with van der Waals surface area (Å²) in [6, 6.07) is 5.57. The smallest absolute Gasteiger partial charge is 0.129 e. The Morgan fingerprint density at radius 1 is 0.900 bits per heavy atom. The summed E-state index contributed by atoms with van der Waals surface area (Å²) in [5, 5.41) is 10.3. The summed E-state index contributed by atoms with van der Waals surface area (Å²) < 4.78 is 52.7. The molecule has 0 heterocycles. The molecular weight excluding hydrogens is 272 g/mol. The van der Waals surface area contributed by atoms with Gasteiger partial charge in [0.15, 0.2) is 0 Å². The van der Waals surface area contributed by atoms with Crippen LogP contribution in [0.1, 0.15) is 18.1 Å². The van der Waals surface area contributed by atoms with Gasteiger partial charge < -0.3 is 5.11 Å². The third kappa shape index (κ3) is 3.17. The number of halogens is 4. The van der Waals surface area contributed by atoms with Crippen LogP contribution in [0.25, 0.3) is 0 Å². The lowest BCUT2D eigenvalue weighted by Crippen LogP contribution is -2.25. The van der Waals surface area contributed by atoms with Gasteiger partial charge in [-0.05, 0) is 36.2 Å². The zero-order chi connectivity index (χ0) is 14.9. The monoisotopic (exact) mass is 284 g/mol. The molecular formula is C15H12F4O. The molecule has 20 heavy (non-hydrogen) atoms. The van der Waals surface area contributed by atoms with Crippen molar-refractivity contribution in [3.05, 3.63) is 70.8 Å². The summed E-state index contributed by atoms with van der Waals surface area (Å²) in [6.07, 6.45) is -0.234. The van der Waals surface area contributed by atoms with Crippen LogP contribution in [0, 0.1) is 23.3 Å². The predicted octanol–water partition coefficient (Wildman–Crippen LogP) is 3.69. The summed E-state index contributed by atoms with van der Waals surface area (Å²) in [4.78, 5) is 0. The van der Waals surface area contributed by atoms with Gasteiger partial charge in [-0.25, -0.2) is 17.6 Å². The van der Waals surface area contributed by atoms with E-state index in [1.165, 1.54) is 13.0 Å². The van der Waals surface area contributed by atoms with Gasteiger partial charge in [0, 0.05) is 18.6 Å². The van der Waals surface area contributed by atoms with E-state index in [1.54, 1.807) is 0 Å². The topological polar surface area (TPSA) is 20.2 Å². The maximum atomic E-state index is 13.6. The first-order valence-electron chi connectivity index (χ1n) is 5.91. The van der Waals surface area contributed by atoms with Crippen LogP contribution < -0.4 is 0 Å². The van der Waals surface area contributed by atoms with Crippen LogP contribution in [0.2, 0.25) is 0 Å². The van der Waals surface area contributed by atoms with Crippen molar-refractivity contribution in [2.45, 2.75) is 18.9 Å². The fourth-order valence-electron chi connectivity index (χ4n) is 2.00. The highest BCUT2D eigenvalue weighted by Crippen LogP contribution is 2.27. The Morgan fingerprint density at radius 3 is 2.05 bits per heavy atom. The zero-order valence-electron chi connectivity index (χ0n) is 10.6. The highest BCUT2D eigenvalue weighted by molar-refractivity contribution is 5.28. The molecule has 0 aliphatic carbocycles. The Morgan fingerprint density at radius 2 is 1.50 bits per heavy atom. The van der Waals surface area contributed by atoms with Crippen molar-refractivity contribution in [2.24, 2.45) is 0 Å². The molecule has 1 unspecified atom stereocenters. The van der Waals surface area contributed by atoms with Gasteiger partial charge in [-0.3, -0.25) is 0 Å². The number of rotatable bonds is 3. The van der Waals surface area contributed by atoms with E-state index in [1.807, 2.05) is 0 Å². The van der Waals surface area contributed by atoms with Crippen LogP contribution in [-0.4, -0.2) is 5.11 Å². The SMILES string of the molecule is CC(O)(Cc1ccc(F)cc1F)c1cc(F)cc(F)c1. The zero-order valence-corrected chi connectivity index (χ0v) is 10.6. The molecule has 2 aromatic carbocycles. The Hall–Kier alpha value is -1.88. The van der Waals surface area contributed by atoms with Crippen LogP contribution in [0.4, 0.5) is 17.6 Å². The van der Waals surface area contributed by atoms with E-state index in [2.05, 4.69) is 0 Å². The van der Waals surface area contributed by atoms with Gasteiger partial charge in [-0.15, -0.1) is 0 Å². The van der Waals surface area contributed by atoms with Gasteiger partial charge in [0.2, 0.25) is 0 Å². The molecule has 0 aliphatic heterocycles. The molecule has 0 aromatic heterocycles. The van der Waals surface area contributed by atoms with Crippen LogP contribution >= 0.6 is 0 Å². The molecule has 1 N–H and O–H groups in total. The first-order valence-corrected chi connectivity index (χ1v) is 5.91. The Labute approximate surface area is 113 Å². The molecule has 2 aromatic rings. The first-order chi connectivity index (χ1) is 9.28. The summed E-state index contributed by atoms with van der Waals surface area (Å²) >= 11 is 0. The van der Waals surface area contributed by atoms with E-state index in [9.17, 15) is 22.7 Å². The average Bonchev–Trinajstić information content (AvgIpc) is 2.31. The van der Waals surface area contributed by atoms with Crippen LogP contribution in [-0.2, 0) is 12.0 Å². The number of benzene rings is 2. The molecule has 0 radical (unpaired) electrons. The number of hydrogen-bond donors (Lipinski definition) is 1. The second-order valence-corrected chi connectivity index (χ2v) is 4.84. The van der Waals surface area contributed by atoms with Crippen LogP contribution in [0.3, 0.4) is 0 Å². The van der Waals surface area contributed by atoms with Gasteiger partial charge in [0.25, 0.3) is 0 Å². The van der Waals surface area contributed by atoms with E-state index in [-0.39, 0.29) is 17.5 Å². The van der Waals surface area contributed by atoms with Gasteiger partial charge in [-0.1, -0.05) is 6.07 Å². The lowest BCUT2D eigenvalue weighted by Gasteiger charge is -2.24. The first kappa shape index (κ1) is 14.5. The minimum Gasteiger partial charge on any atom is -0.385 e. The Kier molecular flexibility index (Phi) is 3.81. The van der Waals surface area contributed by atoms with E-state index < -0.39 is 28.9 Å². The largest absolute Gasteiger partial charge is 0.385 e. The Balaban J connectivity index is 2.34. The molecule has 1 atom stereocenters. The Bertz CT molecular complexity index is 618. The minimum atomic E-state index is -1.68. The van der Waals surface area contributed by atoms with Crippen molar-refractivity contribution >= 4 is 0 Å². The van der Waals surface area contributed by atoms with Crippen molar-refractivity contribution in [3.8, 4) is 0 Å². The summed E-state index contributed by atoms with van der Waals surface area (Å²) in [5.41, 5.74) is -1.64. The summed E-state index contributed by atoms with van der Waals surface area (Å²) in [5.74, 6) is -3.22. The number of aliphatic hydroxyl groups is 1. The molecule has 0 aliphatic rings. The quantitative estimate of drug-likeness (QED) is 0.852. The van der Waals surface area contributed by atoms with Gasteiger partial charge in [0.1, 0.15) is 23.3 Å². The van der Waals surface area contributed by atoms with Gasteiger partial charge >= 0.3 is 0 Å². The van der Waals surface area contributed by atoms with Crippen molar-refractivity contribution in [1.82, 2.24) is 0 Å². The molecule has 5 heteroatoms. The second kappa shape index (κ2) is 5.25. The van der Waals surface area contributed by atoms with Crippen molar-refractivity contribution < 1.29 is 22.7 Å². The molecule has 1 nitrogen and oxygen atoms in total. The summed E-state index contributed by atoms with van der Waals surface area (Å²) in [7, 11) is 0. The lowest BCUT2D eigenvalue weighted by atomic mass is 9.88.